The number of halogens is 1. The number of nitriles is 1. The van der Waals surface area contributed by atoms with E-state index in [9.17, 15) is 9.18 Å². The summed E-state index contributed by atoms with van der Waals surface area (Å²) >= 11 is 0. The summed E-state index contributed by atoms with van der Waals surface area (Å²) in [4.78, 5) is 22.1. The maximum Gasteiger partial charge on any atom is 0.328 e. The van der Waals surface area contributed by atoms with E-state index in [0.717, 1.165) is 22.8 Å². The SMILES string of the molecule is N#Cc1cc(Nc2ncc(-c3cccc(/C=C/C(=O)O)c3)c(N3CCOCC3)n2)ccc1F. The van der Waals surface area contributed by atoms with Crippen LogP contribution in [0.3, 0.4) is 0 Å². The second-order valence-corrected chi connectivity index (χ2v) is 7.26. The third-order valence-corrected chi connectivity index (χ3v) is 5.04. The Morgan fingerprint density at radius 2 is 2.06 bits per heavy atom. The van der Waals surface area contributed by atoms with Crippen LogP contribution < -0.4 is 10.2 Å². The van der Waals surface area contributed by atoms with Gasteiger partial charge >= 0.3 is 5.97 Å². The lowest BCUT2D eigenvalue weighted by Crippen LogP contribution is -2.37. The summed E-state index contributed by atoms with van der Waals surface area (Å²) in [7, 11) is 0. The Labute approximate surface area is 189 Å². The number of hydrogen-bond donors (Lipinski definition) is 2. The Hall–Kier alpha value is -4.29. The van der Waals surface area contributed by atoms with Crippen molar-refractivity contribution in [1.82, 2.24) is 9.97 Å². The van der Waals surface area contributed by atoms with Crippen LogP contribution in [0, 0.1) is 17.1 Å². The number of ether oxygens (including phenoxy) is 1. The summed E-state index contributed by atoms with van der Waals surface area (Å²) in [5.74, 6) is -0.617. The van der Waals surface area contributed by atoms with Crippen LogP contribution in [-0.4, -0.2) is 47.3 Å². The molecule has 1 saturated heterocycles. The molecular formula is C24H20FN5O3. The number of aliphatic carboxylic acids is 1. The summed E-state index contributed by atoms with van der Waals surface area (Å²) in [6, 6.07) is 13.4. The van der Waals surface area contributed by atoms with Crippen molar-refractivity contribution in [3.63, 3.8) is 0 Å². The van der Waals surface area contributed by atoms with E-state index >= 15 is 0 Å². The molecule has 8 nitrogen and oxygen atoms in total. The van der Waals surface area contributed by atoms with Gasteiger partial charge in [0.1, 0.15) is 17.7 Å². The van der Waals surface area contributed by atoms with Gasteiger partial charge in [-0.1, -0.05) is 18.2 Å². The number of benzene rings is 2. The van der Waals surface area contributed by atoms with Crippen molar-refractivity contribution in [1.29, 1.82) is 5.26 Å². The molecule has 2 heterocycles. The largest absolute Gasteiger partial charge is 0.478 e. The summed E-state index contributed by atoms with van der Waals surface area (Å²) in [5.41, 5.74) is 2.78. The van der Waals surface area contributed by atoms with E-state index in [1.165, 1.54) is 24.3 Å². The topological polar surface area (TPSA) is 111 Å². The Kier molecular flexibility index (Phi) is 6.57. The third kappa shape index (κ3) is 5.31. The molecule has 1 aliphatic rings. The van der Waals surface area contributed by atoms with Gasteiger partial charge in [-0.05, 0) is 41.5 Å². The van der Waals surface area contributed by atoms with Crippen molar-refractivity contribution in [2.45, 2.75) is 0 Å². The van der Waals surface area contributed by atoms with E-state index in [1.807, 2.05) is 30.3 Å². The Morgan fingerprint density at radius 1 is 1.24 bits per heavy atom. The molecule has 2 N–H and O–H groups in total. The van der Waals surface area contributed by atoms with E-state index < -0.39 is 11.8 Å². The number of nitrogens with zero attached hydrogens (tertiary/aromatic N) is 4. The summed E-state index contributed by atoms with van der Waals surface area (Å²) in [6.45, 7) is 2.43. The first-order valence-corrected chi connectivity index (χ1v) is 10.2. The second kappa shape index (κ2) is 9.89. The van der Waals surface area contributed by atoms with Crippen molar-refractivity contribution in [3.8, 4) is 17.2 Å². The highest BCUT2D eigenvalue weighted by molar-refractivity contribution is 5.86. The molecule has 3 aromatic rings. The predicted molar refractivity (Wildman–Crippen MR) is 122 cm³/mol. The molecule has 4 rings (SSSR count). The number of morpholine rings is 1. The molecule has 2 aromatic carbocycles. The van der Waals surface area contributed by atoms with Crippen LogP contribution in [-0.2, 0) is 9.53 Å². The van der Waals surface area contributed by atoms with Crippen molar-refractivity contribution in [2.24, 2.45) is 0 Å². The van der Waals surface area contributed by atoms with Gasteiger partial charge < -0.3 is 20.1 Å². The van der Waals surface area contributed by atoms with Crippen molar-refractivity contribution in [3.05, 3.63) is 71.7 Å². The number of carbonyl (C=O) groups is 1. The van der Waals surface area contributed by atoms with E-state index in [1.54, 1.807) is 6.20 Å². The van der Waals surface area contributed by atoms with Gasteiger partial charge in [0.2, 0.25) is 5.95 Å². The first-order chi connectivity index (χ1) is 16.0. The van der Waals surface area contributed by atoms with Crippen molar-refractivity contribution in [2.75, 3.05) is 36.5 Å². The molecule has 0 atom stereocenters. The number of carboxylic acids is 1. The summed E-state index contributed by atoms with van der Waals surface area (Å²) in [6.07, 6.45) is 4.30. The quantitative estimate of drug-likeness (QED) is 0.551. The zero-order valence-corrected chi connectivity index (χ0v) is 17.5. The van der Waals surface area contributed by atoms with Gasteiger partial charge in [-0.2, -0.15) is 10.2 Å². The highest BCUT2D eigenvalue weighted by atomic mass is 19.1. The fourth-order valence-corrected chi connectivity index (χ4v) is 3.45. The molecule has 0 radical (unpaired) electrons. The summed E-state index contributed by atoms with van der Waals surface area (Å²) < 4.78 is 19.1. The maximum atomic E-state index is 13.7. The van der Waals surface area contributed by atoms with Crippen LogP contribution in [0.25, 0.3) is 17.2 Å². The number of carboxylic acid groups (broad SMARTS) is 1. The Morgan fingerprint density at radius 3 is 2.82 bits per heavy atom. The minimum atomic E-state index is -1.02. The number of anilines is 3. The van der Waals surface area contributed by atoms with Crippen LogP contribution in [0.1, 0.15) is 11.1 Å². The zero-order valence-electron chi connectivity index (χ0n) is 17.5. The predicted octanol–water partition coefficient (Wildman–Crippen LogP) is 3.83. The maximum absolute atomic E-state index is 13.7. The molecule has 1 aliphatic heterocycles. The lowest BCUT2D eigenvalue weighted by Gasteiger charge is -2.29. The van der Waals surface area contributed by atoms with Crippen molar-refractivity contribution >= 4 is 29.5 Å². The number of hydrogen-bond acceptors (Lipinski definition) is 7. The highest BCUT2D eigenvalue weighted by Gasteiger charge is 2.19. The van der Waals surface area contributed by atoms with Gasteiger partial charge in [0, 0.05) is 36.6 Å². The number of rotatable bonds is 6. The molecule has 0 amide bonds. The molecule has 9 heteroatoms. The second-order valence-electron chi connectivity index (χ2n) is 7.26. The van der Waals surface area contributed by atoms with Crippen molar-refractivity contribution < 1.29 is 19.0 Å². The van der Waals surface area contributed by atoms with Crippen LogP contribution in [0.5, 0.6) is 0 Å². The van der Waals surface area contributed by atoms with Gasteiger partial charge in [0.15, 0.2) is 0 Å². The third-order valence-electron chi connectivity index (χ3n) is 5.04. The molecule has 33 heavy (non-hydrogen) atoms. The normalized spacial score (nSPS) is 13.6. The average Bonchev–Trinajstić information content (AvgIpc) is 2.84. The molecule has 0 saturated carbocycles. The highest BCUT2D eigenvalue weighted by Crippen LogP contribution is 2.31. The first kappa shape index (κ1) is 21.9. The van der Waals surface area contributed by atoms with Gasteiger partial charge in [0.05, 0.1) is 18.8 Å². The average molecular weight is 445 g/mol. The van der Waals surface area contributed by atoms with E-state index in [0.29, 0.717) is 43.8 Å². The van der Waals surface area contributed by atoms with E-state index in [2.05, 4.69) is 15.2 Å². The zero-order chi connectivity index (χ0) is 23.2. The van der Waals surface area contributed by atoms with Gasteiger partial charge in [-0.25, -0.2) is 14.2 Å². The van der Waals surface area contributed by atoms with Crippen LogP contribution in [0.4, 0.5) is 21.8 Å². The fourth-order valence-electron chi connectivity index (χ4n) is 3.45. The minimum Gasteiger partial charge on any atom is -0.478 e. The molecule has 0 bridgehead atoms. The van der Waals surface area contributed by atoms with E-state index in [-0.39, 0.29) is 5.56 Å². The van der Waals surface area contributed by atoms with Crippen LogP contribution in [0.2, 0.25) is 0 Å². The van der Waals surface area contributed by atoms with Crippen LogP contribution in [0.15, 0.2) is 54.7 Å². The smallest absolute Gasteiger partial charge is 0.328 e. The fraction of sp³-hybridized carbons (Fsp3) is 0.167. The lowest BCUT2D eigenvalue weighted by molar-refractivity contribution is -0.131. The number of nitrogens with one attached hydrogen (secondary N) is 1. The standard InChI is InChI=1S/C24H20FN5O3/c25-21-6-5-19(13-18(21)14-26)28-24-27-15-20(23(29-24)30-8-10-33-11-9-30)17-3-1-2-16(12-17)4-7-22(31)32/h1-7,12-13,15H,8-11H2,(H,31,32)(H,27,28,29)/b7-4+. The van der Waals surface area contributed by atoms with Gasteiger partial charge in [-0.3, -0.25) is 0 Å². The van der Waals surface area contributed by atoms with Gasteiger partial charge in [0.25, 0.3) is 0 Å². The number of aromatic nitrogens is 2. The molecule has 1 fully saturated rings. The molecular weight excluding hydrogens is 425 g/mol. The molecule has 166 valence electrons. The Bertz CT molecular complexity index is 1250. The van der Waals surface area contributed by atoms with Gasteiger partial charge in [-0.15, -0.1) is 0 Å². The molecule has 0 aliphatic carbocycles. The molecule has 0 unspecified atom stereocenters. The van der Waals surface area contributed by atoms with E-state index in [4.69, 9.17) is 20.1 Å². The Balaban J connectivity index is 1.71. The summed E-state index contributed by atoms with van der Waals surface area (Å²) in [5, 5.41) is 21.0. The van der Waals surface area contributed by atoms with Crippen LogP contribution >= 0.6 is 0 Å². The molecule has 0 spiro atoms. The minimum absolute atomic E-state index is 0.0729. The monoisotopic (exact) mass is 445 g/mol. The first-order valence-electron chi connectivity index (χ1n) is 10.2. The lowest BCUT2D eigenvalue weighted by atomic mass is 10.0. The molecule has 1 aromatic heterocycles.